The average molecular weight is 233 g/mol. The van der Waals surface area contributed by atoms with Gasteiger partial charge in [-0.2, -0.15) is 5.10 Å². The van der Waals surface area contributed by atoms with Gasteiger partial charge in [-0.05, 0) is 23.8 Å². The molecule has 5 nitrogen and oxygen atoms in total. The number of nitrogens with zero attached hydrogens (tertiary/aromatic N) is 2. The third kappa shape index (κ3) is 2.64. The van der Waals surface area contributed by atoms with E-state index in [-0.39, 0.29) is 5.75 Å². The molecule has 1 aromatic heterocycles. The molecule has 17 heavy (non-hydrogen) atoms. The lowest BCUT2D eigenvalue weighted by molar-refractivity contribution is 0.150. The van der Waals surface area contributed by atoms with Crippen LogP contribution >= 0.6 is 0 Å². The molecule has 1 atom stereocenters. The van der Waals surface area contributed by atoms with Crippen LogP contribution in [-0.4, -0.2) is 20.0 Å². The van der Waals surface area contributed by atoms with Crippen molar-refractivity contribution in [2.45, 2.75) is 19.2 Å². The van der Waals surface area contributed by atoms with Gasteiger partial charge < -0.3 is 15.9 Å². The standard InChI is InChI=1S/C12H15N3O2/c13-7-10-5-6-14-15(10)8-12(17)9-1-3-11(16)4-2-9/h1-6,12,16-17H,7-8,13H2. The molecule has 0 bridgehead atoms. The maximum atomic E-state index is 10.0. The molecule has 5 heteroatoms. The van der Waals surface area contributed by atoms with Gasteiger partial charge in [0.25, 0.3) is 0 Å². The van der Waals surface area contributed by atoms with Crippen LogP contribution in [-0.2, 0) is 13.1 Å². The topological polar surface area (TPSA) is 84.3 Å². The van der Waals surface area contributed by atoms with E-state index in [9.17, 15) is 5.11 Å². The highest BCUT2D eigenvalue weighted by Gasteiger charge is 2.10. The number of benzene rings is 1. The zero-order valence-electron chi connectivity index (χ0n) is 9.32. The number of nitrogens with two attached hydrogens (primary N) is 1. The highest BCUT2D eigenvalue weighted by atomic mass is 16.3. The first-order valence-electron chi connectivity index (χ1n) is 5.38. The SMILES string of the molecule is NCc1ccnn1CC(O)c1ccc(O)cc1. The Morgan fingerprint density at radius 2 is 1.94 bits per heavy atom. The molecule has 0 fully saturated rings. The van der Waals surface area contributed by atoms with Crippen molar-refractivity contribution < 1.29 is 10.2 Å². The molecule has 1 unspecified atom stereocenters. The van der Waals surface area contributed by atoms with Crippen LogP contribution in [0, 0.1) is 0 Å². The second-order valence-electron chi connectivity index (χ2n) is 3.82. The molecule has 4 N–H and O–H groups in total. The van der Waals surface area contributed by atoms with Gasteiger partial charge in [-0.15, -0.1) is 0 Å². The molecule has 0 spiro atoms. The lowest BCUT2D eigenvalue weighted by atomic mass is 10.1. The van der Waals surface area contributed by atoms with Crippen molar-refractivity contribution in [3.05, 3.63) is 47.8 Å². The highest BCUT2D eigenvalue weighted by molar-refractivity contribution is 5.27. The number of phenols is 1. The van der Waals surface area contributed by atoms with Crippen LogP contribution in [0.5, 0.6) is 5.75 Å². The summed E-state index contributed by atoms with van der Waals surface area (Å²) in [6.45, 7) is 0.743. The van der Waals surface area contributed by atoms with Crippen LogP contribution in [0.25, 0.3) is 0 Å². The Hall–Kier alpha value is -1.85. The number of aliphatic hydroxyl groups is 1. The van der Waals surface area contributed by atoms with Crippen molar-refractivity contribution >= 4 is 0 Å². The van der Waals surface area contributed by atoms with Crippen molar-refractivity contribution in [2.24, 2.45) is 5.73 Å². The summed E-state index contributed by atoms with van der Waals surface area (Å²) in [6.07, 6.45) is 0.993. The fourth-order valence-corrected chi connectivity index (χ4v) is 1.66. The Bertz CT molecular complexity index is 479. The zero-order valence-corrected chi connectivity index (χ0v) is 9.32. The molecule has 0 amide bonds. The summed E-state index contributed by atoms with van der Waals surface area (Å²) in [5.74, 6) is 0.183. The number of hydrogen-bond acceptors (Lipinski definition) is 4. The van der Waals surface area contributed by atoms with Gasteiger partial charge in [0, 0.05) is 12.7 Å². The Morgan fingerprint density at radius 3 is 2.59 bits per heavy atom. The Labute approximate surface area is 99.1 Å². The quantitative estimate of drug-likeness (QED) is 0.728. The van der Waals surface area contributed by atoms with E-state index in [0.29, 0.717) is 13.1 Å². The molecule has 0 radical (unpaired) electrons. The maximum Gasteiger partial charge on any atom is 0.115 e. The van der Waals surface area contributed by atoms with Crippen molar-refractivity contribution in [1.29, 1.82) is 0 Å². The van der Waals surface area contributed by atoms with E-state index in [0.717, 1.165) is 11.3 Å². The summed E-state index contributed by atoms with van der Waals surface area (Å²) in [5, 5.41) is 23.3. The average Bonchev–Trinajstić information content (AvgIpc) is 2.77. The highest BCUT2D eigenvalue weighted by Crippen LogP contribution is 2.18. The second-order valence-corrected chi connectivity index (χ2v) is 3.82. The van der Waals surface area contributed by atoms with Gasteiger partial charge in [0.1, 0.15) is 5.75 Å². The van der Waals surface area contributed by atoms with Crippen molar-refractivity contribution in [3.63, 3.8) is 0 Å². The number of rotatable bonds is 4. The third-order valence-electron chi connectivity index (χ3n) is 2.64. The van der Waals surface area contributed by atoms with Gasteiger partial charge >= 0.3 is 0 Å². The van der Waals surface area contributed by atoms with Gasteiger partial charge in [-0.3, -0.25) is 4.68 Å². The number of aromatic hydroxyl groups is 1. The number of aliphatic hydroxyl groups excluding tert-OH is 1. The van der Waals surface area contributed by atoms with E-state index in [4.69, 9.17) is 10.8 Å². The minimum atomic E-state index is -0.666. The van der Waals surface area contributed by atoms with E-state index < -0.39 is 6.10 Å². The zero-order chi connectivity index (χ0) is 12.3. The van der Waals surface area contributed by atoms with Gasteiger partial charge in [0.05, 0.1) is 18.3 Å². The molecule has 0 aliphatic rings. The molecule has 1 aromatic carbocycles. The lowest BCUT2D eigenvalue weighted by Gasteiger charge is -2.13. The normalized spacial score (nSPS) is 12.6. The van der Waals surface area contributed by atoms with Crippen LogP contribution in [0.1, 0.15) is 17.4 Å². The maximum absolute atomic E-state index is 10.0. The van der Waals surface area contributed by atoms with Crippen molar-refractivity contribution in [2.75, 3.05) is 0 Å². The molecule has 0 aliphatic carbocycles. The van der Waals surface area contributed by atoms with Gasteiger partial charge in [-0.1, -0.05) is 12.1 Å². The summed E-state index contributed by atoms with van der Waals surface area (Å²) >= 11 is 0. The summed E-state index contributed by atoms with van der Waals surface area (Å²) in [4.78, 5) is 0. The Balaban J connectivity index is 2.11. The van der Waals surface area contributed by atoms with Gasteiger partial charge in [0.2, 0.25) is 0 Å². The van der Waals surface area contributed by atoms with Gasteiger partial charge in [0.15, 0.2) is 0 Å². The van der Waals surface area contributed by atoms with Crippen LogP contribution < -0.4 is 5.73 Å². The minimum Gasteiger partial charge on any atom is -0.508 e. The predicted molar refractivity (Wildman–Crippen MR) is 63.2 cm³/mol. The summed E-state index contributed by atoms with van der Waals surface area (Å²) < 4.78 is 1.68. The Morgan fingerprint density at radius 1 is 1.24 bits per heavy atom. The smallest absolute Gasteiger partial charge is 0.115 e. The lowest BCUT2D eigenvalue weighted by Crippen LogP contribution is -2.14. The molecular weight excluding hydrogens is 218 g/mol. The number of hydrogen-bond donors (Lipinski definition) is 3. The largest absolute Gasteiger partial charge is 0.508 e. The summed E-state index contributed by atoms with van der Waals surface area (Å²) in [6, 6.07) is 8.29. The molecule has 2 rings (SSSR count). The first-order valence-corrected chi connectivity index (χ1v) is 5.38. The van der Waals surface area contributed by atoms with Gasteiger partial charge in [-0.25, -0.2) is 0 Å². The van der Waals surface area contributed by atoms with E-state index in [1.807, 2.05) is 6.07 Å². The third-order valence-corrected chi connectivity index (χ3v) is 2.64. The fraction of sp³-hybridized carbons (Fsp3) is 0.250. The molecule has 0 saturated heterocycles. The van der Waals surface area contributed by atoms with E-state index in [1.165, 1.54) is 0 Å². The molecule has 0 saturated carbocycles. The monoisotopic (exact) mass is 233 g/mol. The minimum absolute atomic E-state index is 0.183. The van der Waals surface area contributed by atoms with Crippen LogP contribution in [0.3, 0.4) is 0 Å². The second kappa shape index (κ2) is 4.99. The Kier molecular flexibility index (Phi) is 3.41. The van der Waals surface area contributed by atoms with E-state index in [2.05, 4.69) is 5.10 Å². The molecule has 1 heterocycles. The molecule has 90 valence electrons. The summed E-state index contributed by atoms with van der Waals surface area (Å²) in [5.41, 5.74) is 7.17. The van der Waals surface area contributed by atoms with E-state index in [1.54, 1.807) is 35.1 Å². The van der Waals surface area contributed by atoms with Crippen LogP contribution in [0.15, 0.2) is 36.5 Å². The molecular formula is C12H15N3O2. The summed E-state index contributed by atoms with van der Waals surface area (Å²) in [7, 11) is 0. The first kappa shape index (κ1) is 11.6. The van der Waals surface area contributed by atoms with Crippen LogP contribution in [0.2, 0.25) is 0 Å². The molecule has 0 aliphatic heterocycles. The van der Waals surface area contributed by atoms with E-state index >= 15 is 0 Å². The fourth-order valence-electron chi connectivity index (χ4n) is 1.66. The number of phenolic OH excluding ortho intramolecular Hbond substituents is 1. The first-order chi connectivity index (χ1) is 8.20. The van der Waals surface area contributed by atoms with Crippen molar-refractivity contribution in [1.82, 2.24) is 9.78 Å². The van der Waals surface area contributed by atoms with Crippen molar-refractivity contribution in [3.8, 4) is 5.75 Å². The van der Waals surface area contributed by atoms with Crippen LogP contribution in [0.4, 0.5) is 0 Å². The predicted octanol–water partition coefficient (Wildman–Crippen LogP) is 0.781. The molecule has 2 aromatic rings. The number of aromatic nitrogens is 2.